The number of rotatable bonds is 9. The highest BCUT2D eigenvalue weighted by atomic mass is 32.1. The lowest BCUT2D eigenvalue weighted by molar-refractivity contribution is -0.126. The van der Waals surface area contributed by atoms with Crippen LogP contribution in [0.2, 0.25) is 0 Å². The lowest BCUT2D eigenvalue weighted by Crippen LogP contribution is -2.34. The Morgan fingerprint density at radius 1 is 1.12 bits per heavy atom. The number of nitrogens with one attached hydrogen (secondary N) is 1. The molecule has 0 saturated carbocycles. The first kappa shape index (κ1) is 26.2. The Morgan fingerprint density at radius 3 is 2.85 bits per heavy atom. The molecule has 1 aliphatic rings. The van der Waals surface area contributed by atoms with E-state index >= 15 is 0 Å². The minimum atomic E-state index is 0.0722. The van der Waals surface area contributed by atoms with Crippen molar-refractivity contribution >= 4 is 49.9 Å². The van der Waals surface area contributed by atoms with E-state index in [0.29, 0.717) is 13.1 Å². The quantitative estimate of drug-likeness (QED) is 0.240. The summed E-state index contributed by atoms with van der Waals surface area (Å²) in [5.74, 6) is 0.886. The summed E-state index contributed by atoms with van der Waals surface area (Å²) in [6, 6.07) is 14.5. The zero-order valence-corrected chi connectivity index (χ0v) is 23.7. The number of carbonyl (C=O) groups is 1. The molecular formula is C31H33N7OS. The molecule has 0 aliphatic carbocycles. The van der Waals surface area contributed by atoms with Crippen molar-refractivity contribution in [3.05, 3.63) is 89.5 Å². The van der Waals surface area contributed by atoms with Crippen LogP contribution in [0.15, 0.2) is 73.3 Å². The van der Waals surface area contributed by atoms with Crippen LogP contribution in [0.1, 0.15) is 30.0 Å². The normalized spacial score (nSPS) is 13.5. The number of thiophene rings is 1. The number of hydrogen-bond donors (Lipinski definition) is 1. The van der Waals surface area contributed by atoms with Crippen molar-refractivity contribution in [2.75, 3.05) is 31.5 Å². The monoisotopic (exact) mass is 551 g/mol. The lowest BCUT2D eigenvalue weighted by atomic mass is 10.0. The van der Waals surface area contributed by atoms with E-state index in [1.54, 1.807) is 23.7 Å². The van der Waals surface area contributed by atoms with Gasteiger partial charge < -0.3 is 19.7 Å². The number of fused-ring (bicyclic) bond motifs is 4. The summed E-state index contributed by atoms with van der Waals surface area (Å²) in [4.78, 5) is 32.9. The number of likely N-dealkylation sites (N-methyl/N-ethyl adjacent to an activating group) is 1. The molecular weight excluding hydrogens is 518 g/mol. The summed E-state index contributed by atoms with van der Waals surface area (Å²) in [6.45, 7) is 9.07. The van der Waals surface area contributed by atoms with Crippen LogP contribution in [0, 0.1) is 0 Å². The van der Waals surface area contributed by atoms with E-state index in [1.807, 2.05) is 35.4 Å². The molecule has 0 spiro atoms. The third-order valence-electron chi connectivity index (χ3n) is 7.56. The summed E-state index contributed by atoms with van der Waals surface area (Å²) in [7, 11) is 0. The van der Waals surface area contributed by atoms with Gasteiger partial charge in [0, 0.05) is 53.0 Å². The fraction of sp³-hybridized carbons (Fsp3) is 0.290. The van der Waals surface area contributed by atoms with Crippen LogP contribution in [0.5, 0.6) is 0 Å². The zero-order chi connectivity index (χ0) is 27.5. The Bertz CT molecular complexity index is 1670. The first-order valence-corrected chi connectivity index (χ1v) is 14.6. The van der Waals surface area contributed by atoms with Gasteiger partial charge in [0.25, 0.3) is 0 Å². The van der Waals surface area contributed by atoms with Gasteiger partial charge in [0.05, 0.1) is 24.2 Å². The van der Waals surface area contributed by atoms with E-state index in [4.69, 9.17) is 0 Å². The van der Waals surface area contributed by atoms with Gasteiger partial charge in [-0.25, -0.2) is 9.97 Å². The van der Waals surface area contributed by atoms with Gasteiger partial charge in [-0.05, 0) is 61.5 Å². The highest BCUT2D eigenvalue weighted by Crippen LogP contribution is 2.38. The van der Waals surface area contributed by atoms with Gasteiger partial charge in [-0.3, -0.25) is 9.78 Å². The van der Waals surface area contributed by atoms with Gasteiger partial charge in [0.15, 0.2) is 0 Å². The third-order valence-corrected chi connectivity index (χ3v) is 8.68. The Hall–Kier alpha value is -4.08. The fourth-order valence-electron chi connectivity index (χ4n) is 5.32. The molecule has 0 unspecified atom stereocenters. The van der Waals surface area contributed by atoms with Crippen LogP contribution in [-0.4, -0.2) is 61.4 Å². The summed E-state index contributed by atoms with van der Waals surface area (Å²) in [5.41, 5.74) is 4.42. The van der Waals surface area contributed by atoms with E-state index in [1.165, 1.54) is 10.4 Å². The SMILES string of the molecule is CCN(CC)CC=CC(=O)N1CCc2c(sc3ncnc(Nc4ccc5c(ccn5Cc5ccccn5)c4)c23)C1. The van der Waals surface area contributed by atoms with Crippen molar-refractivity contribution in [1.29, 1.82) is 0 Å². The highest BCUT2D eigenvalue weighted by molar-refractivity contribution is 7.19. The first-order valence-electron chi connectivity index (χ1n) is 13.8. The number of amides is 1. The number of hydrogen-bond acceptors (Lipinski definition) is 7. The molecule has 1 N–H and O–H groups in total. The topological polar surface area (TPSA) is 79.2 Å². The number of aromatic nitrogens is 4. The zero-order valence-electron chi connectivity index (χ0n) is 22.9. The molecule has 8 nitrogen and oxygen atoms in total. The third kappa shape index (κ3) is 5.35. The van der Waals surface area contributed by atoms with Crippen molar-refractivity contribution in [2.24, 2.45) is 0 Å². The maximum absolute atomic E-state index is 12.9. The molecule has 1 aromatic carbocycles. The smallest absolute Gasteiger partial charge is 0.246 e. The van der Waals surface area contributed by atoms with Crippen LogP contribution in [0.4, 0.5) is 11.5 Å². The summed E-state index contributed by atoms with van der Waals surface area (Å²) < 4.78 is 2.21. The standard InChI is InChI=1S/C31H33N7OS/c1-3-36(4-2)15-7-9-28(39)38-17-13-25-27(20-38)40-31-29(25)30(33-21-34-31)35-23-10-11-26-22(18-23)12-16-37(26)19-24-8-5-6-14-32-24/h5-12,14,16,18,21H,3-4,13,15,17,19-20H2,1-2H3,(H,33,34,35). The van der Waals surface area contributed by atoms with Crippen LogP contribution in [0.25, 0.3) is 21.1 Å². The summed E-state index contributed by atoms with van der Waals surface area (Å²) in [5, 5.41) is 5.78. The van der Waals surface area contributed by atoms with E-state index in [2.05, 4.69) is 74.0 Å². The predicted octanol–water partition coefficient (Wildman–Crippen LogP) is 5.62. The maximum Gasteiger partial charge on any atom is 0.246 e. The fourth-order valence-corrected chi connectivity index (χ4v) is 6.52. The Kier molecular flexibility index (Phi) is 7.57. The Labute approximate surface area is 238 Å². The molecule has 1 amide bonds. The van der Waals surface area contributed by atoms with Gasteiger partial charge in [-0.1, -0.05) is 26.0 Å². The average molecular weight is 552 g/mol. The summed E-state index contributed by atoms with van der Waals surface area (Å²) >= 11 is 1.66. The molecule has 6 rings (SSSR count). The number of carbonyl (C=O) groups excluding carboxylic acids is 1. The number of pyridine rings is 1. The van der Waals surface area contributed by atoms with E-state index < -0.39 is 0 Å². The molecule has 9 heteroatoms. The second kappa shape index (κ2) is 11.6. The molecule has 0 fully saturated rings. The van der Waals surface area contributed by atoms with Crippen LogP contribution in [0.3, 0.4) is 0 Å². The van der Waals surface area contributed by atoms with Crippen molar-refractivity contribution in [3.8, 4) is 0 Å². The maximum atomic E-state index is 12.9. The second-order valence-corrected chi connectivity index (χ2v) is 11.1. The molecule has 1 aliphatic heterocycles. The average Bonchev–Trinajstić information content (AvgIpc) is 3.56. The van der Waals surface area contributed by atoms with Crippen LogP contribution < -0.4 is 5.32 Å². The predicted molar refractivity (Wildman–Crippen MR) is 162 cm³/mol. The van der Waals surface area contributed by atoms with Gasteiger partial charge in [0.2, 0.25) is 5.91 Å². The van der Waals surface area contributed by atoms with E-state index in [9.17, 15) is 4.79 Å². The number of nitrogens with zero attached hydrogens (tertiary/aromatic N) is 6. The van der Waals surface area contributed by atoms with Gasteiger partial charge in [-0.15, -0.1) is 11.3 Å². The van der Waals surface area contributed by atoms with Gasteiger partial charge in [-0.2, -0.15) is 0 Å². The van der Waals surface area contributed by atoms with Crippen molar-refractivity contribution < 1.29 is 4.79 Å². The molecule has 4 aromatic heterocycles. The largest absolute Gasteiger partial charge is 0.341 e. The van der Waals surface area contributed by atoms with Crippen LogP contribution >= 0.6 is 11.3 Å². The lowest BCUT2D eigenvalue weighted by Gasteiger charge is -2.26. The molecule has 0 bridgehead atoms. The summed E-state index contributed by atoms with van der Waals surface area (Å²) in [6.07, 6.45) is 10.1. The van der Waals surface area contributed by atoms with E-state index in [0.717, 1.165) is 70.9 Å². The van der Waals surface area contributed by atoms with Crippen LogP contribution in [-0.2, 0) is 24.3 Å². The van der Waals surface area contributed by atoms with Gasteiger partial charge in [0.1, 0.15) is 17.0 Å². The second-order valence-electron chi connectivity index (χ2n) is 9.97. The number of anilines is 2. The molecule has 40 heavy (non-hydrogen) atoms. The Morgan fingerprint density at radius 2 is 2.02 bits per heavy atom. The molecule has 0 saturated heterocycles. The van der Waals surface area contributed by atoms with Crippen molar-refractivity contribution in [1.82, 2.24) is 29.3 Å². The minimum absolute atomic E-state index is 0.0722. The molecule has 204 valence electrons. The van der Waals surface area contributed by atoms with Crippen molar-refractivity contribution in [2.45, 2.75) is 33.4 Å². The number of benzene rings is 1. The first-order chi connectivity index (χ1) is 19.6. The minimum Gasteiger partial charge on any atom is -0.341 e. The highest BCUT2D eigenvalue weighted by Gasteiger charge is 2.25. The van der Waals surface area contributed by atoms with Gasteiger partial charge >= 0.3 is 0 Å². The van der Waals surface area contributed by atoms with Crippen molar-refractivity contribution in [3.63, 3.8) is 0 Å². The van der Waals surface area contributed by atoms with E-state index in [-0.39, 0.29) is 5.91 Å². The Balaban J connectivity index is 1.20. The molecule has 0 radical (unpaired) electrons. The molecule has 5 aromatic rings. The molecule has 0 atom stereocenters. The molecule has 5 heterocycles.